The number of hydrogen-bond acceptors (Lipinski definition) is 4. The third-order valence-corrected chi connectivity index (χ3v) is 6.48. The second-order valence-corrected chi connectivity index (χ2v) is 9.01. The summed E-state index contributed by atoms with van der Waals surface area (Å²) in [6.45, 7) is 1.39. The van der Waals surface area contributed by atoms with Gasteiger partial charge in [-0.25, -0.2) is 8.42 Å². The van der Waals surface area contributed by atoms with Crippen LogP contribution >= 0.6 is 0 Å². The number of benzene rings is 2. The normalized spacial score (nSPS) is 16.7. The minimum Gasteiger partial charge on any atom is -0.476 e. The molecule has 33 heavy (non-hydrogen) atoms. The van der Waals surface area contributed by atoms with E-state index in [2.05, 4.69) is 5.32 Å². The molecule has 0 saturated carbocycles. The third kappa shape index (κ3) is 5.18. The summed E-state index contributed by atoms with van der Waals surface area (Å²) in [6.07, 6.45) is -11.2. The molecule has 180 valence electrons. The van der Waals surface area contributed by atoms with Gasteiger partial charge >= 0.3 is 12.4 Å². The van der Waals surface area contributed by atoms with Crippen LogP contribution in [-0.4, -0.2) is 33.5 Å². The lowest BCUT2D eigenvalue weighted by Gasteiger charge is -2.35. The van der Waals surface area contributed by atoms with Gasteiger partial charge in [0.2, 0.25) is 0 Å². The largest absolute Gasteiger partial charge is 0.476 e. The number of carbonyl (C=O) groups is 1. The maximum atomic E-state index is 13.3. The van der Waals surface area contributed by atoms with E-state index in [1.165, 1.54) is 24.3 Å². The van der Waals surface area contributed by atoms with Gasteiger partial charge in [0.15, 0.2) is 6.10 Å². The first kappa shape index (κ1) is 24.7. The van der Waals surface area contributed by atoms with E-state index in [4.69, 9.17) is 4.74 Å². The van der Waals surface area contributed by atoms with Crippen molar-refractivity contribution in [2.24, 2.45) is 0 Å². The van der Waals surface area contributed by atoms with Gasteiger partial charge in [0.25, 0.3) is 15.9 Å². The smallest absolute Gasteiger partial charge is 0.416 e. The standard InChI is InChI=1S/C20H18F6N2O4S/c1-2-7-27-18(29)17-11-28(15-5-3-4-6-16(15)32-17)33(30,31)14-9-12(19(21,22)23)8-13(10-14)20(24,25)26/h3-6,8-10,17H,2,7,11H2,1H3,(H,27,29). The molecule has 1 amide bonds. The molecule has 0 radical (unpaired) electrons. The summed E-state index contributed by atoms with van der Waals surface area (Å²) in [5.41, 5.74) is -3.66. The van der Waals surface area contributed by atoms with E-state index < -0.39 is 57.0 Å². The fourth-order valence-corrected chi connectivity index (χ4v) is 4.68. The van der Waals surface area contributed by atoms with E-state index >= 15 is 0 Å². The van der Waals surface area contributed by atoms with Crippen LogP contribution in [-0.2, 0) is 27.2 Å². The monoisotopic (exact) mass is 496 g/mol. The van der Waals surface area contributed by atoms with Gasteiger partial charge < -0.3 is 10.1 Å². The predicted octanol–water partition coefficient (Wildman–Crippen LogP) is 4.21. The molecular formula is C20H18F6N2O4S. The zero-order valence-corrected chi connectivity index (χ0v) is 17.8. The molecule has 1 aliphatic rings. The van der Waals surface area contributed by atoms with Crippen molar-refractivity contribution < 1.29 is 44.3 Å². The molecular weight excluding hydrogens is 478 g/mol. The third-order valence-electron chi connectivity index (χ3n) is 4.73. The van der Waals surface area contributed by atoms with Gasteiger partial charge in [-0.2, -0.15) is 26.3 Å². The van der Waals surface area contributed by atoms with Crippen molar-refractivity contribution in [3.63, 3.8) is 0 Å². The summed E-state index contributed by atoms with van der Waals surface area (Å²) in [5.74, 6) is -0.737. The highest BCUT2D eigenvalue weighted by Crippen LogP contribution is 2.40. The van der Waals surface area contributed by atoms with Gasteiger partial charge in [-0.1, -0.05) is 19.1 Å². The summed E-state index contributed by atoms with van der Waals surface area (Å²) in [6, 6.07) is 5.60. The lowest BCUT2D eigenvalue weighted by molar-refractivity contribution is -0.143. The molecule has 1 aliphatic heterocycles. The van der Waals surface area contributed by atoms with Crippen LogP contribution < -0.4 is 14.4 Å². The Balaban J connectivity index is 2.13. The van der Waals surface area contributed by atoms with Crippen molar-refractivity contribution >= 4 is 21.6 Å². The highest BCUT2D eigenvalue weighted by molar-refractivity contribution is 7.92. The second-order valence-electron chi connectivity index (χ2n) is 7.14. The van der Waals surface area contributed by atoms with Crippen LogP contribution in [0.15, 0.2) is 47.4 Å². The number of alkyl halides is 6. The lowest BCUT2D eigenvalue weighted by Crippen LogP contribution is -2.50. The minimum absolute atomic E-state index is 0.0630. The fraction of sp³-hybridized carbons (Fsp3) is 0.350. The number of amides is 1. The van der Waals surface area contributed by atoms with E-state index in [0.717, 1.165) is 0 Å². The Kier molecular flexibility index (Phi) is 6.55. The maximum absolute atomic E-state index is 13.3. The van der Waals surface area contributed by atoms with Crippen LogP contribution in [0.25, 0.3) is 0 Å². The number of carbonyl (C=O) groups excluding carboxylic acids is 1. The van der Waals surface area contributed by atoms with Gasteiger partial charge in [0.05, 0.1) is 28.3 Å². The predicted molar refractivity (Wildman–Crippen MR) is 105 cm³/mol. The average Bonchev–Trinajstić information content (AvgIpc) is 2.75. The Morgan fingerprint density at radius 3 is 2.18 bits per heavy atom. The first-order valence-electron chi connectivity index (χ1n) is 9.60. The Bertz CT molecular complexity index is 1120. The molecule has 1 N–H and O–H groups in total. The van der Waals surface area contributed by atoms with E-state index in [0.29, 0.717) is 10.7 Å². The summed E-state index contributed by atoms with van der Waals surface area (Å²) in [5, 5.41) is 2.52. The van der Waals surface area contributed by atoms with Crippen LogP contribution in [0.1, 0.15) is 24.5 Å². The number of ether oxygens (including phenoxy) is 1. The van der Waals surface area contributed by atoms with Crippen molar-refractivity contribution in [2.75, 3.05) is 17.4 Å². The van der Waals surface area contributed by atoms with Crippen LogP contribution in [0.4, 0.5) is 32.0 Å². The molecule has 6 nitrogen and oxygen atoms in total. The Morgan fingerprint density at radius 1 is 1.06 bits per heavy atom. The molecule has 0 aliphatic carbocycles. The molecule has 1 atom stereocenters. The molecule has 0 saturated heterocycles. The van der Waals surface area contributed by atoms with Crippen LogP contribution in [0.5, 0.6) is 5.75 Å². The molecule has 2 aromatic rings. The fourth-order valence-electron chi connectivity index (χ4n) is 3.13. The molecule has 0 aromatic heterocycles. The first-order chi connectivity index (χ1) is 15.2. The Hall–Kier alpha value is -2.96. The van der Waals surface area contributed by atoms with Gasteiger partial charge in [0.1, 0.15) is 5.75 Å². The maximum Gasteiger partial charge on any atom is 0.416 e. The molecule has 0 spiro atoms. The van der Waals surface area contributed by atoms with E-state index in [1.54, 1.807) is 6.92 Å². The average molecular weight is 496 g/mol. The van der Waals surface area contributed by atoms with E-state index in [-0.39, 0.29) is 36.2 Å². The highest BCUT2D eigenvalue weighted by Gasteiger charge is 2.41. The molecule has 2 aromatic carbocycles. The summed E-state index contributed by atoms with van der Waals surface area (Å²) in [4.78, 5) is 11.2. The molecule has 0 fully saturated rings. The first-order valence-corrected chi connectivity index (χ1v) is 11.0. The van der Waals surface area contributed by atoms with Gasteiger partial charge in [-0.15, -0.1) is 0 Å². The summed E-state index contributed by atoms with van der Waals surface area (Å²) >= 11 is 0. The van der Waals surface area contributed by atoms with Gasteiger partial charge in [-0.3, -0.25) is 9.10 Å². The molecule has 0 bridgehead atoms. The molecule has 13 heteroatoms. The topological polar surface area (TPSA) is 75.7 Å². The van der Waals surface area contributed by atoms with E-state index in [9.17, 15) is 39.6 Å². The van der Waals surface area contributed by atoms with Gasteiger partial charge in [0, 0.05) is 6.54 Å². The van der Waals surface area contributed by atoms with Crippen LogP contribution in [0.2, 0.25) is 0 Å². The van der Waals surface area contributed by atoms with Crippen LogP contribution in [0.3, 0.4) is 0 Å². The zero-order chi connectivity index (χ0) is 24.6. The number of fused-ring (bicyclic) bond motifs is 1. The number of anilines is 1. The second kappa shape index (κ2) is 8.76. The van der Waals surface area contributed by atoms with Gasteiger partial charge in [-0.05, 0) is 36.8 Å². The SMILES string of the molecule is CCCNC(=O)C1CN(S(=O)(=O)c2cc(C(F)(F)F)cc(C(F)(F)F)c2)c2ccccc2O1. The van der Waals surface area contributed by atoms with Crippen molar-refractivity contribution in [2.45, 2.75) is 36.7 Å². The van der Waals surface area contributed by atoms with Crippen molar-refractivity contribution in [3.8, 4) is 5.75 Å². The minimum atomic E-state index is -5.23. The quantitative estimate of drug-likeness (QED) is 0.630. The zero-order valence-electron chi connectivity index (χ0n) is 17.0. The van der Waals surface area contributed by atoms with E-state index in [1.807, 2.05) is 0 Å². The summed E-state index contributed by atoms with van der Waals surface area (Å²) < 4.78 is 112. The van der Waals surface area contributed by atoms with Crippen molar-refractivity contribution in [1.29, 1.82) is 0 Å². The molecule has 1 heterocycles. The Morgan fingerprint density at radius 2 is 1.64 bits per heavy atom. The number of sulfonamides is 1. The highest BCUT2D eigenvalue weighted by atomic mass is 32.2. The Labute approximate surface area is 185 Å². The van der Waals surface area contributed by atoms with Crippen LogP contribution in [0, 0.1) is 0 Å². The molecule has 3 rings (SSSR count). The summed E-state index contributed by atoms with van der Waals surface area (Å²) in [7, 11) is -4.95. The number of rotatable bonds is 5. The number of nitrogens with one attached hydrogen (secondary N) is 1. The lowest BCUT2D eigenvalue weighted by atomic mass is 10.1. The molecule has 1 unspecified atom stereocenters. The van der Waals surface area contributed by atoms with Crippen molar-refractivity contribution in [3.05, 3.63) is 53.6 Å². The number of nitrogens with zero attached hydrogens (tertiary/aromatic N) is 1. The number of para-hydroxylation sites is 2. The number of halogens is 6. The van der Waals surface area contributed by atoms with Crippen molar-refractivity contribution in [1.82, 2.24) is 5.32 Å². The number of hydrogen-bond donors (Lipinski definition) is 1.